The summed E-state index contributed by atoms with van der Waals surface area (Å²) in [4.78, 5) is 26.4. The number of ether oxygens (including phenoxy) is 1. The Morgan fingerprint density at radius 2 is 1.79 bits per heavy atom. The molecule has 28 heavy (non-hydrogen) atoms. The molecule has 0 spiro atoms. The number of nitrogens with one attached hydrogen (secondary N) is 1. The summed E-state index contributed by atoms with van der Waals surface area (Å²) in [5.74, 6) is 1.58. The second-order valence-corrected chi connectivity index (χ2v) is 6.68. The highest BCUT2D eigenvalue weighted by molar-refractivity contribution is 5.97. The van der Waals surface area contributed by atoms with Crippen molar-refractivity contribution in [3.63, 3.8) is 0 Å². The molecule has 1 fully saturated rings. The van der Waals surface area contributed by atoms with E-state index >= 15 is 0 Å². The maximum atomic E-state index is 12.5. The zero-order valence-corrected chi connectivity index (χ0v) is 15.2. The number of para-hydroxylation sites is 1. The van der Waals surface area contributed by atoms with E-state index in [4.69, 9.17) is 9.15 Å². The van der Waals surface area contributed by atoms with Crippen molar-refractivity contribution >= 4 is 17.5 Å². The summed E-state index contributed by atoms with van der Waals surface area (Å²) in [6, 6.07) is 20.3. The normalized spacial score (nSPS) is 16.2. The summed E-state index contributed by atoms with van der Waals surface area (Å²) in [5, 5.41) is 2.88. The lowest BCUT2D eigenvalue weighted by atomic mass is 10.1. The maximum Gasteiger partial charge on any atom is 0.229 e. The van der Waals surface area contributed by atoms with E-state index < -0.39 is 0 Å². The zero-order valence-electron chi connectivity index (χ0n) is 15.2. The number of benzene rings is 2. The third kappa shape index (κ3) is 4.23. The molecule has 2 amide bonds. The third-order valence-electron chi connectivity index (χ3n) is 4.61. The van der Waals surface area contributed by atoms with Gasteiger partial charge in [-0.3, -0.25) is 9.59 Å². The molecule has 1 N–H and O–H groups in total. The fraction of sp³-hybridized carbons (Fsp3) is 0.182. The number of carbonyl (C=O) groups excluding carboxylic acids is 2. The standard InChI is InChI=1S/C22H20N2O4/c25-21-13-16(14-24(21)15-20-7-4-12-27-20)22(26)23-17-8-10-19(11-9-17)28-18-5-2-1-3-6-18/h1-12,16H,13-15H2,(H,23,26)/t16-/m1/s1. The Morgan fingerprint density at radius 1 is 1.04 bits per heavy atom. The van der Waals surface area contributed by atoms with Crippen LogP contribution >= 0.6 is 0 Å². The lowest BCUT2D eigenvalue weighted by Gasteiger charge is -2.15. The van der Waals surface area contributed by atoms with Gasteiger partial charge in [0, 0.05) is 18.7 Å². The Kier molecular flexibility index (Phi) is 5.10. The molecule has 6 heteroatoms. The van der Waals surface area contributed by atoms with Crippen LogP contribution in [0, 0.1) is 5.92 Å². The van der Waals surface area contributed by atoms with Gasteiger partial charge in [0.1, 0.15) is 17.3 Å². The molecular weight excluding hydrogens is 356 g/mol. The monoisotopic (exact) mass is 376 g/mol. The summed E-state index contributed by atoms with van der Waals surface area (Å²) in [6.45, 7) is 0.779. The van der Waals surface area contributed by atoms with Crippen LogP contribution in [0.25, 0.3) is 0 Å². The summed E-state index contributed by atoms with van der Waals surface area (Å²) < 4.78 is 11.0. The van der Waals surface area contributed by atoms with Gasteiger partial charge in [-0.1, -0.05) is 18.2 Å². The number of anilines is 1. The Balaban J connectivity index is 1.33. The minimum atomic E-state index is -0.372. The molecule has 0 aliphatic carbocycles. The van der Waals surface area contributed by atoms with Crippen molar-refractivity contribution in [3.05, 3.63) is 78.8 Å². The molecule has 1 saturated heterocycles. The van der Waals surface area contributed by atoms with Gasteiger partial charge < -0.3 is 19.4 Å². The van der Waals surface area contributed by atoms with Gasteiger partial charge in [0.05, 0.1) is 18.7 Å². The van der Waals surface area contributed by atoms with Gasteiger partial charge in [-0.15, -0.1) is 0 Å². The Morgan fingerprint density at radius 3 is 2.50 bits per heavy atom. The van der Waals surface area contributed by atoms with Crippen molar-refractivity contribution < 1.29 is 18.7 Å². The van der Waals surface area contributed by atoms with E-state index in [1.165, 1.54) is 0 Å². The molecule has 4 rings (SSSR count). The Hall–Kier alpha value is -3.54. The van der Waals surface area contributed by atoms with Crippen LogP contribution in [0.1, 0.15) is 12.2 Å². The quantitative estimate of drug-likeness (QED) is 0.704. The predicted molar refractivity (Wildman–Crippen MR) is 104 cm³/mol. The van der Waals surface area contributed by atoms with Crippen molar-refractivity contribution in [3.8, 4) is 11.5 Å². The van der Waals surface area contributed by atoms with Gasteiger partial charge in [0.25, 0.3) is 0 Å². The summed E-state index contributed by atoms with van der Waals surface area (Å²) in [7, 11) is 0. The fourth-order valence-corrected chi connectivity index (χ4v) is 3.17. The van der Waals surface area contributed by atoms with Crippen molar-refractivity contribution in [1.82, 2.24) is 4.90 Å². The molecule has 1 atom stereocenters. The van der Waals surface area contributed by atoms with Gasteiger partial charge in [0.2, 0.25) is 11.8 Å². The molecule has 1 aliphatic rings. The Labute approximate surface area is 162 Å². The van der Waals surface area contributed by atoms with Crippen LogP contribution in [-0.2, 0) is 16.1 Å². The van der Waals surface area contributed by atoms with Crippen LogP contribution in [0.15, 0.2) is 77.4 Å². The molecule has 2 aromatic carbocycles. The first-order valence-electron chi connectivity index (χ1n) is 9.11. The Bertz CT molecular complexity index is 936. The van der Waals surface area contributed by atoms with Gasteiger partial charge >= 0.3 is 0 Å². The fourth-order valence-electron chi connectivity index (χ4n) is 3.17. The lowest BCUT2D eigenvalue weighted by Crippen LogP contribution is -2.27. The summed E-state index contributed by atoms with van der Waals surface area (Å²) in [5.41, 5.74) is 0.669. The third-order valence-corrected chi connectivity index (χ3v) is 4.61. The van der Waals surface area contributed by atoms with Gasteiger partial charge in [0.15, 0.2) is 0 Å². The first kappa shape index (κ1) is 17.9. The average Bonchev–Trinajstić information content (AvgIpc) is 3.35. The highest BCUT2D eigenvalue weighted by Gasteiger charge is 2.34. The summed E-state index contributed by atoms with van der Waals surface area (Å²) in [6.07, 6.45) is 1.78. The van der Waals surface area contributed by atoms with Crippen molar-refractivity contribution in [2.24, 2.45) is 5.92 Å². The zero-order chi connectivity index (χ0) is 19.3. The first-order chi connectivity index (χ1) is 13.7. The minimum absolute atomic E-state index is 0.0387. The van der Waals surface area contributed by atoms with Crippen molar-refractivity contribution in [2.75, 3.05) is 11.9 Å². The van der Waals surface area contributed by atoms with E-state index in [2.05, 4.69) is 5.32 Å². The molecule has 0 radical (unpaired) electrons. The molecule has 142 valence electrons. The summed E-state index contributed by atoms with van der Waals surface area (Å²) >= 11 is 0. The smallest absolute Gasteiger partial charge is 0.229 e. The van der Waals surface area contributed by atoms with Crippen LogP contribution in [0.4, 0.5) is 5.69 Å². The van der Waals surface area contributed by atoms with E-state index in [1.54, 1.807) is 41.5 Å². The largest absolute Gasteiger partial charge is 0.467 e. The number of rotatable bonds is 6. The second-order valence-electron chi connectivity index (χ2n) is 6.68. The van der Waals surface area contributed by atoms with Crippen LogP contribution in [0.2, 0.25) is 0 Å². The number of carbonyl (C=O) groups is 2. The molecule has 0 unspecified atom stereocenters. The molecule has 1 aromatic heterocycles. The SMILES string of the molecule is O=C(Nc1ccc(Oc2ccccc2)cc1)[C@@H]1CC(=O)N(Cc2ccco2)C1. The number of hydrogen-bond donors (Lipinski definition) is 1. The molecule has 6 nitrogen and oxygen atoms in total. The van der Waals surface area contributed by atoms with Crippen molar-refractivity contribution in [2.45, 2.75) is 13.0 Å². The van der Waals surface area contributed by atoms with Gasteiger partial charge in [-0.05, 0) is 48.5 Å². The molecule has 0 bridgehead atoms. The molecular formula is C22H20N2O4. The number of amides is 2. The van der Waals surface area contributed by atoms with Crippen LogP contribution in [0.3, 0.4) is 0 Å². The lowest BCUT2D eigenvalue weighted by molar-refractivity contribution is -0.128. The molecule has 2 heterocycles. The van der Waals surface area contributed by atoms with Crippen LogP contribution in [-0.4, -0.2) is 23.3 Å². The molecule has 0 saturated carbocycles. The van der Waals surface area contributed by atoms with E-state index in [9.17, 15) is 9.59 Å². The second kappa shape index (κ2) is 8.00. The number of furan rings is 1. The van der Waals surface area contributed by atoms with E-state index in [0.717, 1.165) is 5.75 Å². The topological polar surface area (TPSA) is 71.8 Å². The van der Waals surface area contributed by atoms with Gasteiger partial charge in [-0.2, -0.15) is 0 Å². The van der Waals surface area contributed by atoms with E-state index in [0.29, 0.717) is 30.3 Å². The average molecular weight is 376 g/mol. The maximum absolute atomic E-state index is 12.5. The molecule has 3 aromatic rings. The molecule has 1 aliphatic heterocycles. The van der Waals surface area contributed by atoms with E-state index in [1.807, 2.05) is 36.4 Å². The van der Waals surface area contributed by atoms with Crippen LogP contribution in [0.5, 0.6) is 11.5 Å². The number of hydrogen-bond acceptors (Lipinski definition) is 4. The van der Waals surface area contributed by atoms with Gasteiger partial charge in [-0.25, -0.2) is 0 Å². The highest BCUT2D eigenvalue weighted by atomic mass is 16.5. The highest BCUT2D eigenvalue weighted by Crippen LogP contribution is 2.25. The van der Waals surface area contributed by atoms with Crippen LogP contribution < -0.4 is 10.1 Å². The number of likely N-dealkylation sites (tertiary alicyclic amines) is 1. The number of nitrogens with zero attached hydrogens (tertiary/aromatic N) is 1. The van der Waals surface area contributed by atoms with Crippen molar-refractivity contribution in [1.29, 1.82) is 0 Å². The first-order valence-corrected chi connectivity index (χ1v) is 9.11. The van der Waals surface area contributed by atoms with E-state index in [-0.39, 0.29) is 24.2 Å². The minimum Gasteiger partial charge on any atom is -0.467 e. The predicted octanol–water partition coefficient (Wildman–Crippen LogP) is 4.06.